The van der Waals surface area contributed by atoms with Crippen LogP contribution in [0.1, 0.15) is 26.3 Å². The largest absolute Gasteiger partial charge is 0.463 e. The molecule has 1 fully saturated rings. The lowest BCUT2D eigenvalue weighted by molar-refractivity contribution is -0.271. The molecule has 11 heteroatoms. The van der Waals surface area contributed by atoms with Gasteiger partial charge in [0.25, 0.3) is 0 Å². The molecule has 176 valence electrons. The van der Waals surface area contributed by atoms with Crippen molar-refractivity contribution in [1.29, 1.82) is 0 Å². The van der Waals surface area contributed by atoms with Crippen molar-refractivity contribution >= 4 is 24.0 Å². The Hall–Kier alpha value is -3.18. The summed E-state index contributed by atoms with van der Waals surface area (Å²) in [6, 6.07) is 7.91. The molecular weight excluding hydrogens is 426 g/mol. The lowest BCUT2D eigenvalue weighted by Crippen LogP contribution is -2.66. The van der Waals surface area contributed by atoms with Gasteiger partial charge < -0.3 is 33.7 Å². The molecule has 32 heavy (non-hydrogen) atoms. The first-order chi connectivity index (χ1) is 15.2. The molecule has 1 saturated heterocycles. The molecule has 1 heterocycles. The quantitative estimate of drug-likeness (QED) is 0.450. The van der Waals surface area contributed by atoms with Gasteiger partial charge in [0.2, 0.25) is 0 Å². The van der Waals surface area contributed by atoms with Gasteiger partial charge in [-0.3, -0.25) is 14.4 Å². The summed E-state index contributed by atoms with van der Waals surface area (Å²) in [5, 5.41) is 2.55. The van der Waals surface area contributed by atoms with Crippen LogP contribution in [-0.4, -0.2) is 68.4 Å². The molecule has 11 nitrogen and oxygen atoms in total. The smallest absolute Gasteiger partial charge is 0.407 e. The van der Waals surface area contributed by atoms with Crippen LogP contribution in [-0.2, 0) is 49.4 Å². The van der Waals surface area contributed by atoms with Gasteiger partial charge in [-0.15, -0.1) is 0 Å². The molecule has 2 rings (SSSR count). The predicted octanol–water partition coefficient (Wildman–Crippen LogP) is 1.08. The van der Waals surface area contributed by atoms with Crippen LogP contribution in [0.15, 0.2) is 30.3 Å². The van der Waals surface area contributed by atoms with Gasteiger partial charge in [-0.1, -0.05) is 30.3 Å². The van der Waals surface area contributed by atoms with Crippen molar-refractivity contribution in [2.45, 2.75) is 58.0 Å². The van der Waals surface area contributed by atoms with Crippen molar-refractivity contribution in [2.75, 3.05) is 13.7 Å². The van der Waals surface area contributed by atoms with E-state index in [1.807, 2.05) is 6.07 Å². The van der Waals surface area contributed by atoms with Crippen LogP contribution in [0.2, 0.25) is 0 Å². The Morgan fingerprint density at radius 3 is 2.09 bits per heavy atom. The van der Waals surface area contributed by atoms with Crippen LogP contribution in [0.5, 0.6) is 0 Å². The molecule has 1 amide bonds. The summed E-state index contributed by atoms with van der Waals surface area (Å²) in [6.07, 6.45) is -5.38. The molecule has 1 aliphatic heterocycles. The van der Waals surface area contributed by atoms with E-state index in [0.717, 1.165) is 19.4 Å². The van der Waals surface area contributed by atoms with Gasteiger partial charge in [-0.25, -0.2) is 4.79 Å². The zero-order valence-electron chi connectivity index (χ0n) is 18.3. The Balaban J connectivity index is 2.22. The summed E-state index contributed by atoms with van der Waals surface area (Å²) < 4.78 is 31.9. The van der Waals surface area contributed by atoms with Gasteiger partial charge >= 0.3 is 24.0 Å². The van der Waals surface area contributed by atoms with Crippen molar-refractivity contribution in [3.8, 4) is 0 Å². The van der Waals surface area contributed by atoms with E-state index in [1.165, 1.54) is 14.0 Å². The molecule has 5 atom stereocenters. The third kappa shape index (κ3) is 7.50. The fraction of sp³-hybridized carbons (Fsp3) is 0.524. The van der Waals surface area contributed by atoms with E-state index < -0.39 is 54.6 Å². The van der Waals surface area contributed by atoms with Crippen LogP contribution in [0, 0.1) is 0 Å². The topological polar surface area (TPSA) is 136 Å². The van der Waals surface area contributed by atoms with E-state index in [4.69, 9.17) is 28.4 Å². The second-order valence-electron chi connectivity index (χ2n) is 6.96. The van der Waals surface area contributed by atoms with Crippen molar-refractivity contribution in [3.63, 3.8) is 0 Å². The van der Waals surface area contributed by atoms with Gasteiger partial charge in [0.1, 0.15) is 25.4 Å². The summed E-state index contributed by atoms with van der Waals surface area (Å²) in [4.78, 5) is 47.2. The highest BCUT2D eigenvalue weighted by molar-refractivity contribution is 5.69. The van der Waals surface area contributed by atoms with E-state index >= 15 is 0 Å². The Morgan fingerprint density at radius 1 is 0.906 bits per heavy atom. The molecule has 1 N–H and O–H groups in total. The number of carbonyl (C=O) groups excluding carboxylic acids is 4. The SMILES string of the molecule is CO[C@@H]1O[C@H](COC(C)=O)[C@@H](OC(C)=O)[C@H](OC(C)=O)[C@H]1NC(=O)OCc1ccccc1. The van der Waals surface area contributed by atoms with E-state index in [9.17, 15) is 19.2 Å². The van der Waals surface area contributed by atoms with Crippen LogP contribution in [0.4, 0.5) is 4.79 Å². The number of carbonyl (C=O) groups is 4. The van der Waals surface area contributed by atoms with E-state index in [-0.39, 0.29) is 13.2 Å². The molecular formula is C21H27NO10. The second-order valence-corrected chi connectivity index (χ2v) is 6.96. The number of hydrogen-bond acceptors (Lipinski definition) is 10. The Kier molecular flexibility index (Phi) is 9.41. The number of esters is 3. The molecule has 0 spiro atoms. The molecule has 1 aromatic carbocycles. The average molecular weight is 453 g/mol. The molecule has 0 aromatic heterocycles. The minimum atomic E-state index is -1.21. The maximum absolute atomic E-state index is 12.4. The summed E-state index contributed by atoms with van der Waals surface area (Å²) in [7, 11) is 1.31. The average Bonchev–Trinajstić information content (AvgIpc) is 2.73. The highest BCUT2D eigenvalue weighted by Crippen LogP contribution is 2.27. The summed E-state index contributed by atoms with van der Waals surface area (Å²) >= 11 is 0. The van der Waals surface area contributed by atoms with Crippen molar-refractivity contribution < 1.29 is 47.6 Å². The monoisotopic (exact) mass is 453 g/mol. The third-order valence-electron chi connectivity index (χ3n) is 4.43. The minimum absolute atomic E-state index is 0.00141. The number of amides is 1. The summed E-state index contributed by atoms with van der Waals surface area (Å²) in [5.41, 5.74) is 0.765. The van der Waals surface area contributed by atoms with E-state index in [0.29, 0.717) is 0 Å². The van der Waals surface area contributed by atoms with E-state index in [1.54, 1.807) is 24.3 Å². The summed E-state index contributed by atoms with van der Waals surface area (Å²) in [6.45, 7) is 3.23. The molecule has 0 saturated carbocycles. The maximum atomic E-state index is 12.4. The Morgan fingerprint density at radius 2 is 1.53 bits per heavy atom. The first kappa shape index (κ1) is 25.1. The molecule has 0 radical (unpaired) electrons. The van der Waals surface area contributed by atoms with Crippen LogP contribution < -0.4 is 5.32 Å². The fourth-order valence-corrected chi connectivity index (χ4v) is 3.16. The zero-order chi connectivity index (χ0) is 23.7. The number of nitrogens with one attached hydrogen (secondary N) is 1. The van der Waals surface area contributed by atoms with Gasteiger partial charge in [0.15, 0.2) is 18.5 Å². The maximum Gasteiger partial charge on any atom is 0.407 e. The number of rotatable bonds is 8. The lowest BCUT2D eigenvalue weighted by Gasteiger charge is -2.44. The lowest BCUT2D eigenvalue weighted by atomic mass is 9.96. The van der Waals surface area contributed by atoms with Crippen molar-refractivity contribution in [2.24, 2.45) is 0 Å². The first-order valence-electron chi connectivity index (χ1n) is 9.84. The van der Waals surface area contributed by atoms with Gasteiger partial charge in [-0.05, 0) is 5.56 Å². The highest BCUT2D eigenvalue weighted by Gasteiger charge is 2.51. The van der Waals surface area contributed by atoms with Crippen LogP contribution in [0.25, 0.3) is 0 Å². The van der Waals surface area contributed by atoms with E-state index in [2.05, 4.69) is 5.32 Å². The van der Waals surface area contributed by atoms with Crippen molar-refractivity contribution in [1.82, 2.24) is 5.32 Å². The number of methoxy groups -OCH3 is 1. The number of benzene rings is 1. The predicted molar refractivity (Wildman–Crippen MR) is 107 cm³/mol. The second kappa shape index (κ2) is 12.0. The molecule has 0 bridgehead atoms. The molecule has 1 aromatic rings. The van der Waals surface area contributed by atoms with Gasteiger partial charge in [0.05, 0.1) is 0 Å². The number of hydrogen-bond donors (Lipinski definition) is 1. The zero-order valence-corrected chi connectivity index (χ0v) is 18.3. The normalized spacial score (nSPS) is 24.7. The van der Waals surface area contributed by atoms with Gasteiger partial charge in [-0.2, -0.15) is 0 Å². The fourth-order valence-electron chi connectivity index (χ4n) is 3.16. The Labute approximate surface area is 185 Å². The highest BCUT2D eigenvalue weighted by atomic mass is 16.7. The van der Waals surface area contributed by atoms with Crippen LogP contribution in [0.3, 0.4) is 0 Å². The van der Waals surface area contributed by atoms with Gasteiger partial charge in [0, 0.05) is 27.9 Å². The standard InChI is InChI=1S/C21H27NO10/c1-12(23)28-11-16-18(30-13(2)24)19(31-14(3)25)17(20(27-4)32-16)22-21(26)29-10-15-8-6-5-7-9-15/h5-9,16-20H,10-11H2,1-4H3,(H,22,26)/t16-,17-,18-,19-,20-/m1/s1. The Bertz CT molecular complexity index is 799. The van der Waals surface area contributed by atoms with Crippen molar-refractivity contribution in [3.05, 3.63) is 35.9 Å². The molecule has 0 aliphatic carbocycles. The first-order valence-corrected chi connectivity index (χ1v) is 9.84. The number of alkyl carbamates (subject to hydrolysis) is 1. The molecule has 0 unspecified atom stereocenters. The van der Waals surface area contributed by atoms with Crippen LogP contribution >= 0.6 is 0 Å². The molecule has 1 aliphatic rings. The summed E-state index contributed by atoms with van der Waals surface area (Å²) in [5.74, 6) is -1.97. The number of ether oxygens (including phenoxy) is 6. The minimum Gasteiger partial charge on any atom is -0.463 e. The third-order valence-corrected chi connectivity index (χ3v) is 4.43.